The van der Waals surface area contributed by atoms with E-state index in [1.54, 1.807) is 0 Å². The molecule has 2 nitrogen and oxygen atoms in total. The molecule has 1 aliphatic heterocycles. The van der Waals surface area contributed by atoms with Gasteiger partial charge in [-0.3, -0.25) is 4.90 Å². The summed E-state index contributed by atoms with van der Waals surface area (Å²) < 4.78 is 37.1. The van der Waals surface area contributed by atoms with Gasteiger partial charge in [-0.05, 0) is 18.9 Å². The first kappa shape index (κ1) is 10.8. The topological polar surface area (TPSA) is 29.3 Å². The van der Waals surface area contributed by atoms with Gasteiger partial charge in [0.2, 0.25) is 0 Å². The van der Waals surface area contributed by atoms with Crippen molar-refractivity contribution in [1.29, 1.82) is 0 Å². The summed E-state index contributed by atoms with van der Waals surface area (Å²) in [6.45, 7) is 2.66. The second-order valence-electron chi connectivity index (χ2n) is 3.68. The van der Waals surface area contributed by atoms with Crippen LogP contribution in [-0.4, -0.2) is 36.8 Å². The van der Waals surface area contributed by atoms with Crippen LogP contribution >= 0.6 is 0 Å². The molecule has 0 bridgehead atoms. The van der Waals surface area contributed by atoms with Crippen molar-refractivity contribution >= 4 is 0 Å². The van der Waals surface area contributed by atoms with Gasteiger partial charge in [0.1, 0.15) is 6.04 Å². The summed E-state index contributed by atoms with van der Waals surface area (Å²) in [6.07, 6.45) is -3.34. The molecule has 13 heavy (non-hydrogen) atoms. The molecule has 1 aliphatic rings. The summed E-state index contributed by atoms with van der Waals surface area (Å²) >= 11 is 0. The van der Waals surface area contributed by atoms with E-state index < -0.39 is 12.2 Å². The highest BCUT2D eigenvalue weighted by Crippen LogP contribution is 2.28. The van der Waals surface area contributed by atoms with Crippen LogP contribution in [0.5, 0.6) is 0 Å². The molecule has 0 amide bonds. The van der Waals surface area contributed by atoms with Crippen LogP contribution < -0.4 is 5.73 Å². The minimum atomic E-state index is -4.18. The Morgan fingerprint density at radius 2 is 2.15 bits per heavy atom. The minimum absolute atomic E-state index is 0.337. The normalized spacial score (nSPS) is 27.9. The van der Waals surface area contributed by atoms with Crippen LogP contribution in [0.2, 0.25) is 0 Å². The fourth-order valence-electron chi connectivity index (χ4n) is 1.74. The molecule has 5 heteroatoms. The van der Waals surface area contributed by atoms with Crippen LogP contribution in [0.4, 0.5) is 13.2 Å². The first-order valence-corrected chi connectivity index (χ1v) is 4.46. The summed E-state index contributed by atoms with van der Waals surface area (Å²) in [5, 5.41) is 0. The Bertz CT molecular complexity index is 169. The lowest BCUT2D eigenvalue weighted by Gasteiger charge is -2.28. The first-order valence-electron chi connectivity index (χ1n) is 4.46. The quantitative estimate of drug-likeness (QED) is 0.719. The van der Waals surface area contributed by atoms with Crippen molar-refractivity contribution in [2.75, 3.05) is 19.6 Å². The van der Waals surface area contributed by atoms with Crippen LogP contribution in [0.1, 0.15) is 13.3 Å². The predicted molar refractivity (Wildman–Crippen MR) is 44.3 cm³/mol. The van der Waals surface area contributed by atoms with E-state index in [1.807, 2.05) is 6.92 Å². The highest BCUT2D eigenvalue weighted by atomic mass is 19.4. The molecule has 2 atom stereocenters. The maximum atomic E-state index is 12.4. The SMILES string of the molecule is CC1CCN(C(CN)C(F)(F)F)C1. The van der Waals surface area contributed by atoms with Gasteiger partial charge in [0, 0.05) is 13.1 Å². The highest BCUT2D eigenvalue weighted by Gasteiger charge is 2.44. The number of halogens is 3. The van der Waals surface area contributed by atoms with E-state index in [4.69, 9.17) is 5.73 Å². The van der Waals surface area contributed by atoms with Crippen molar-refractivity contribution in [3.8, 4) is 0 Å². The van der Waals surface area contributed by atoms with E-state index in [9.17, 15) is 13.2 Å². The molecule has 0 aromatic heterocycles. The number of likely N-dealkylation sites (tertiary alicyclic amines) is 1. The zero-order valence-electron chi connectivity index (χ0n) is 7.64. The Morgan fingerprint density at radius 1 is 1.54 bits per heavy atom. The van der Waals surface area contributed by atoms with Crippen molar-refractivity contribution in [3.63, 3.8) is 0 Å². The monoisotopic (exact) mass is 196 g/mol. The maximum Gasteiger partial charge on any atom is 0.405 e. The Balaban J connectivity index is 2.57. The standard InChI is InChI=1S/C8H15F3N2/c1-6-2-3-13(5-6)7(4-12)8(9,10)11/h6-7H,2-5,12H2,1H3. The lowest BCUT2D eigenvalue weighted by molar-refractivity contribution is -0.178. The van der Waals surface area contributed by atoms with Crippen molar-refractivity contribution in [3.05, 3.63) is 0 Å². The molecule has 0 saturated carbocycles. The Labute approximate surface area is 75.9 Å². The third-order valence-electron chi connectivity index (χ3n) is 2.50. The zero-order chi connectivity index (χ0) is 10.1. The largest absolute Gasteiger partial charge is 0.405 e. The van der Waals surface area contributed by atoms with Crippen LogP contribution in [0.15, 0.2) is 0 Å². The Morgan fingerprint density at radius 3 is 2.46 bits per heavy atom. The molecule has 1 heterocycles. The Kier molecular flexibility index (Phi) is 3.18. The van der Waals surface area contributed by atoms with Gasteiger partial charge in [-0.1, -0.05) is 6.92 Å². The molecule has 2 unspecified atom stereocenters. The zero-order valence-corrected chi connectivity index (χ0v) is 7.64. The molecule has 0 aromatic carbocycles. The van der Waals surface area contributed by atoms with E-state index in [-0.39, 0.29) is 6.54 Å². The van der Waals surface area contributed by atoms with Gasteiger partial charge in [-0.25, -0.2) is 0 Å². The average molecular weight is 196 g/mol. The van der Waals surface area contributed by atoms with E-state index in [1.165, 1.54) is 4.90 Å². The fraction of sp³-hybridized carbons (Fsp3) is 1.00. The molecule has 1 saturated heterocycles. The summed E-state index contributed by atoms with van der Waals surface area (Å²) in [5.41, 5.74) is 5.12. The molecule has 2 N–H and O–H groups in total. The molecule has 1 fully saturated rings. The van der Waals surface area contributed by atoms with Gasteiger partial charge in [-0.15, -0.1) is 0 Å². The highest BCUT2D eigenvalue weighted by molar-refractivity contribution is 4.84. The van der Waals surface area contributed by atoms with Crippen LogP contribution in [0, 0.1) is 5.92 Å². The van der Waals surface area contributed by atoms with E-state index in [2.05, 4.69) is 0 Å². The van der Waals surface area contributed by atoms with Gasteiger partial charge >= 0.3 is 6.18 Å². The number of nitrogens with zero attached hydrogens (tertiary/aromatic N) is 1. The summed E-state index contributed by atoms with van der Waals surface area (Å²) in [5.74, 6) is 0.358. The second kappa shape index (κ2) is 3.84. The van der Waals surface area contributed by atoms with Crippen molar-refractivity contribution in [2.24, 2.45) is 11.7 Å². The van der Waals surface area contributed by atoms with Crippen molar-refractivity contribution in [1.82, 2.24) is 4.90 Å². The molecule has 0 spiro atoms. The van der Waals surface area contributed by atoms with Crippen molar-refractivity contribution < 1.29 is 13.2 Å². The lowest BCUT2D eigenvalue weighted by Crippen LogP contribution is -2.49. The number of alkyl halides is 3. The van der Waals surface area contributed by atoms with Crippen molar-refractivity contribution in [2.45, 2.75) is 25.6 Å². The second-order valence-corrected chi connectivity index (χ2v) is 3.68. The summed E-state index contributed by atoms with van der Waals surface area (Å²) in [4.78, 5) is 1.44. The predicted octanol–water partition coefficient (Wildman–Crippen LogP) is 1.22. The van der Waals surface area contributed by atoms with Crippen LogP contribution in [0.3, 0.4) is 0 Å². The number of nitrogens with two attached hydrogens (primary N) is 1. The third kappa shape index (κ3) is 2.57. The molecule has 78 valence electrons. The number of hydrogen-bond donors (Lipinski definition) is 1. The van der Waals surface area contributed by atoms with Gasteiger partial charge in [0.25, 0.3) is 0 Å². The van der Waals surface area contributed by atoms with Gasteiger partial charge < -0.3 is 5.73 Å². The third-order valence-corrected chi connectivity index (χ3v) is 2.50. The lowest BCUT2D eigenvalue weighted by atomic mass is 10.2. The molecule has 0 aromatic rings. The van der Waals surface area contributed by atoms with E-state index >= 15 is 0 Å². The fourth-order valence-corrected chi connectivity index (χ4v) is 1.74. The van der Waals surface area contributed by atoms with E-state index in [0.717, 1.165) is 6.42 Å². The Hall–Kier alpha value is -0.290. The summed E-state index contributed by atoms with van der Waals surface area (Å²) in [7, 11) is 0. The molecule has 0 aliphatic carbocycles. The molecular weight excluding hydrogens is 181 g/mol. The van der Waals surface area contributed by atoms with Gasteiger partial charge in [0.15, 0.2) is 0 Å². The number of hydrogen-bond acceptors (Lipinski definition) is 2. The van der Waals surface area contributed by atoms with Crippen LogP contribution in [0.25, 0.3) is 0 Å². The van der Waals surface area contributed by atoms with Gasteiger partial charge in [-0.2, -0.15) is 13.2 Å². The first-order chi connectivity index (χ1) is 5.95. The molecular formula is C8H15F3N2. The maximum absolute atomic E-state index is 12.4. The minimum Gasteiger partial charge on any atom is -0.329 e. The summed E-state index contributed by atoms with van der Waals surface area (Å²) in [6, 6.07) is -1.45. The van der Waals surface area contributed by atoms with Gasteiger partial charge in [0.05, 0.1) is 0 Å². The number of rotatable bonds is 2. The van der Waals surface area contributed by atoms with E-state index in [0.29, 0.717) is 19.0 Å². The molecule has 1 rings (SSSR count). The van der Waals surface area contributed by atoms with Crippen LogP contribution in [-0.2, 0) is 0 Å². The molecule has 0 radical (unpaired) electrons. The average Bonchev–Trinajstić information content (AvgIpc) is 2.34. The smallest absolute Gasteiger partial charge is 0.329 e.